The molecule has 2 bridgehead atoms. The maximum absolute atomic E-state index is 10.4. The van der Waals surface area contributed by atoms with E-state index in [9.17, 15) is 5.11 Å². The maximum Gasteiger partial charge on any atom is 0.175 e. The van der Waals surface area contributed by atoms with Gasteiger partial charge < -0.3 is 14.6 Å². The second kappa shape index (κ2) is 5.60. The Bertz CT molecular complexity index is 403. The van der Waals surface area contributed by atoms with Crippen LogP contribution >= 0.6 is 22.6 Å². The first-order valence-electron chi connectivity index (χ1n) is 8.86. The van der Waals surface area contributed by atoms with E-state index in [1.54, 1.807) is 0 Å². The van der Waals surface area contributed by atoms with Gasteiger partial charge in [-0.05, 0) is 24.7 Å². The highest BCUT2D eigenvalue weighted by Gasteiger charge is 2.75. The fourth-order valence-electron chi connectivity index (χ4n) is 5.63. The van der Waals surface area contributed by atoms with Crippen molar-refractivity contribution in [1.82, 2.24) is 0 Å². The number of hydrogen-bond donors (Lipinski definition) is 1. The predicted octanol–water partition coefficient (Wildman–Crippen LogP) is 3.87. The molecule has 2 saturated carbocycles. The first-order valence-corrected chi connectivity index (χ1v) is 10.1. The molecule has 2 aliphatic carbocycles. The zero-order chi connectivity index (χ0) is 14.6. The highest BCUT2D eigenvalue weighted by molar-refractivity contribution is 14.1. The molecule has 0 spiro atoms. The smallest absolute Gasteiger partial charge is 0.175 e. The number of ether oxygens (including phenoxy) is 2. The van der Waals surface area contributed by atoms with Gasteiger partial charge in [0.1, 0.15) is 0 Å². The Balaban J connectivity index is 1.39. The Kier molecular flexibility index (Phi) is 4.04. The summed E-state index contributed by atoms with van der Waals surface area (Å²) in [5.74, 6) is 1.66. The lowest BCUT2D eigenvalue weighted by Gasteiger charge is -2.31. The van der Waals surface area contributed by atoms with Gasteiger partial charge in [-0.3, -0.25) is 0 Å². The summed E-state index contributed by atoms with van der Waals surface area (Å²) in [6, 6.07) is 0. The lowest BCUT2D eigenvalue weighted by Crippen LogP contribution is -2.38. The van der Waals surface area contributed by atoms with Crippen LogP contribution < -0.4 is 0 Å². The fraction of sp³-hybridized carbons (Fsp3) is 1.00. The van der Waals surface area contributed by atoms with Gasteiger partial charge in [-0.1, -0.05) is 61.6 Å². The molecule has 120 valence electrons. The normalized spacial score (nSPS) is 53.0. The van der Waals surface area contributed by atoms with E-state index >= 15 is 0 Å². The number of aliphatic hydroxyl groups is 1. The van der Waals surface area contributed by atoms with E-state index in [1.165, 1.54) is 44.9 Å². The van der Waals surface area contributed by atoms with Gasteiger partial charge in [-0.15, -0.1) is 0 Å². The van der Waals surface area contributed by atoms with Gasteiger partial charge in [0.2, 0.25) is 0 Å². The minimum Gasteiger partial charge on any atom is -0.368 e. The van der Waals surface area contributed by atoms with Gasteiger partial charge in [0.05, 0.1) is 6.10 Å². The summed E-state index contributed by atoms with van der Waals surface area (Å²) in [4.78, 5) is 0. The number of aliphatic hydroxyl groups excluding tert-OH is 1. The van der Waals surface area contributed by atoms with Crippen molar-refractivity contribution in [2.24, 2.45) is 23.7 Å². The second-order valence-corrected chi connectivity index (χ2v) is 8.97. The van der Waals surface area contributed by atoms with Crippen LogP contribution in [0.2, 0.25) is 0 Å². The predicted molar refractivity (Wildman–Crippen MR) is 89.1 cm³/mol. The molecule has 2 heterocycles. The molecule has 4 rings (SSSR count). The van der Waals surface area contributed by atoms with Gasteiger partial charge in [-0.25, -0.2) is 0 Å². The number of hydrogen-bond acceptors (Lipinski definition) is 3. The number of alkyl halides is 1. The van der Waals surface area contributed by atoms with Crippen molar-refractivity contribution in [3.63, 3.8) is 0 Å². The summed E-state index contributed by atoms with van der Waals surface area (Å²) in [5, 5.41) is 10.4. The molecule has 1 unspecified atom stereocenters. The Morgan fingerprint density at radius 2 is 1.86 bits per heavy atom. The average Bonchev–Trinajstić information content (AvgIpc) is 3.12. The molecule has 2 saturated heterocycles. The zero-order valence-corrected chi connectivity index (χ0v) is 15.0. The molecule has 4 aliphatic rings. The molecule has 0 aromatic carbocycles. The summed E-state index contributed by atoms with van der Waals surface area (Å²) in [6.07, 6.45) is 9.83. The van der Waals surface area contributed by atoms with Crippen LogP contribution in [0.5, 0.6) is 0 Å². The quantitative estimate of drug-likeness (QED) is 0.397. The van der Waals surface area contributed by atoms with E-state index in [1.807, 2.05) is 0 Å². The average molecular weight is 406 g/mol. The van der Waals surface area contributed by atoms with E-state index in [0.717, 1.165) is 6.42 Å². The van der Waals surface area contributed by atoms with E-state index in [0.29, 0.717) is 33.7 Å². The highest BCUT2D eigenvalue weighted by atomic mass is 127. The highest BCUT2D eigenvalue weighted by Crippen LogP contribution is 2.70. The first kappa shape index (κ1) is 15.2. The van der Waals surface area contributed by atoms with Crippen molar-refractivity contribution in [2.45, 2.75) is 80.4 Å². The lowest BCUT2D eigenvalue weighted by atomic mass is 9.77. The summed E-state index contributed by atoms with van der Waals surface area (Å²) in [5.41, 5.74) is 0. The molecule has 8 atom stereocenters. The summed E-state index contributed by atoms with van der Waals surface area (Å²) in [7, 11) is 0. The minimum atomic E-state index is -0.580. The molecule has 0 aromatic heterocycles. The molecule has 2 aliphatic heterocycles. The molecule has 0 aromatic rings. The molecular weight excluding hydrogens is 379 g/mol. The van der Waals surface area contributed by atoms with E-state index in [2.05, 4.69) is 29.5 Å². The molecular formula is C17H27IO3. The van der Waals surface area contributed by atoms with Crippen LogP contribution in [-0.4, -0.2) is 27.2 Å². The number of rotatable bonds is 7. The van der Waals surface area contributed by atoms with Crippen LogP contribution in [0.3, 0.4) is 0 Å². The molecule has 3 nitrogen and oxygen atoms in total. The van der Waals surface area contributed by atoms with Crippen molar-refractivity contribution in [3.8, 4) is 0 Å². The van der Waals surface area contributed by atoms with Crippen LogP contribution in [0.1, 0.15) is 58.3 Å². The minimum absolute atomic E-state index is 0.343. The van der Waals surface area contributed by atoms with Crippen molar-refractivity contribution in [2.75, 3.05) is 0 Å². The number of halogens is 1. The summed E-state index contributed by atoms with van der Waals surface area (Å²) in [6.45, 7) is 2.26. The zero-order valence-electron chi connectivity index (χ0n) is 12.8. The van der Waals surface area contributed by atoms with Gasteiger partial charge in [0.15, 0.2) is 12.1 Å². The monoisotopic (exact) mass is 406 g/mol. The summed E-state index contributed by atoms with van der Waals surface area (Å²) < 4.78 is 13.0. The SMILES string of the molecule is CCCCCCCC[C@@]12O[C@@H]3[C@@H](I)[C@H]4C[C@@H]3[C@@H]1C4[C@@H](O)O2. The standard InChI is InChI=1S/C17H27IO3/c1-2-3-4-5-6-7-8-17-13-11-9-10(12(13)16(19)21-17)14(18)15(11)20-17/h10-16,19H,2-9H2,1H3/t10-,11+,12?,13+,14-,15-,16-,17-/m0/s1. The third-order valence-corrected chi connectivity index (χ3v) is 8.06. The molecule has 21 heavy (non-hydrogen) atoms. The third kappa shape index (κ3) is 2.15. The molecule has 4 fully saturated rings. The molecule has 0 amide bonds. The van der Waals surface area contributed by atoms with Crippen molar-refractivity contribution < 1.29 is 14.6 Å². The van der Waals surface area contributed by atoms with Crippen molar-refractivity contribution in [1.29, 1.82) is 0 Å². The Hall–Kier alpha value is 0.610. The Labute approximate surface area is 141 Å². The van der Waals surface area contributed by atoms with Crippen LogP contribution in [0.25, 0.3) is 0 Å². The van der Waals surface area contributed by atoms with Crippen LogP contribution in [0, 0.1) is 23.7 Å². The molecule has 1 N–H and O–H groups in total. The van der Waals surface area contributed by atoms with E-state index in [-0.39, 0.29) is 0 Å². The Morgan fingerprint density at radius 1 is 1.10 bits per heavy atom. The van der Waals surface area contributed by atoms with Crippen molar-refractivity contribution >= 4 is 22.6 Å². The first-order chi connectivity index (χ1) is 10.2. The van der Waals surface area contributed by atoms with Gasteiger partial charge in [0, 0.05) is 22.2 Å². The van der Waals surface area contributed by atoms with Gasteiger partial charge in [0.25, 0.3) is 0 Å². The molecule has 0 radical (unpaired) electrons. The number of fused-ring (bicyclic) bond motifs is 2. The second-order valence-electron chi connectivity index (χ2n) is 7.53. The Morgan fingerprint density at radius 3 is 2.67 bits per heavy atom. The lowest BCUT2D eigenvalue weighted by molar-refractivity contribution is -0.273. The van der Waals surface area contributed by atoms with Gasteiger partial charge in [-0.2, -0.15) is 0 Å². The van der Waals surface area contributed by atoms with Crippen LogP contribution in [-0.2, 0) is 9.47 Å². The largest absolute Gasteiger partial charge is 0.368 e. The van der Waals surface area contributed by atoms with E-state index < -0.39 is 12.1 Å². The van der Waals surface area contributed by atoms with Gasteiger partial charge >= 0.3 is 0 Å². The summed E-state index contributed by atoms with van der Waals surface area (Å²) >= 11 is 2.56. The number of unbranched alkanes of at least 4 members (excludes halogenated alkanes) is 5. The van der Waals surface area contributed by atoms with E-state index in [4.69, 9.17) is 9.47 Å². The fourth-order valence-corrected chi connectivity index (χ4v) is 7.08. The molecule has 4 heteroatoms. The third-order valence-electron chi connectivity index (χ3n) is 6.43. The van der Waals surface area contributed by atoms with Crippen LogP contribution in [0.15, 0.2) is 0 Å². The van der Waals surface area contributed by atoms with Crippen LogP contribution in [0.4, 0.5) is 0 Å². The maximum atomic E-state index is 10.4. The van der Waals surface area contributed by atoms with Crippen molar-refractivity contribution in [3.05, 3.63) is 0 Å². The topological polar surface area (TPSA) is 38.7 Å².